The zero-order valence-electron chi connectivity index (χ0n) is 10.6. The van der Waals surface area contributed by atoms with Crippen molar-refractivity contribution >= 4 is 29.2 Å². The first-order chi connectivity index (χ1) is 8.04. The van der Waals surface area contributed by atoms with E-state index in [-0.39, 0.29) is 0 Å². The van der Waals surface area contributed by atoms with E-state index < -0.39 is 0 Å². The van der Waals surface area contributed by atoms with Gasteiger partial charge in [0.25, 0.3) is 0 Å². The van der Waals surface area contributed by atoms with Gasteiger partial charge < -0.3 is 5.73 Å². The van der Waals surface area contributed by atoms with Crippen LogP contribution in [0, 0.1) is 0 Å². The van der Waals surface area contributed by atoms with E-state index in [1.165, 1.54) is 5.75 Å². The number of hydrogen-bond acceptors (Lipinski definition) is 4. The van der Waals surface area contributed by atoms with Gasteiger partial charge in [-0.3, -0.25) is 4.90 Å². The van der Waals surface area contributed by atoms with Crippen molar-refractivity contribution in [3.05, 3.63) is 22.8 Å². The number of nitrogen functional groups attached to an aromatic ring is 1. The second kappa shape index (κ2) is 7.09. The van der Waals surface area contributed by atoms with Crippen LogP contribution in [0.25, 0.3) is 0 Å². The number of thioether (sulfide) groups is 1. The first-order valence-corrected chi connectivity index (χ1v) is 7.42. The van der Waals surface area contributed by atoms with Gasteiger partial charge in [-0.1, -0.05) is 11.6 Å². The molecule has 0 radical (unpaired) electrons. The van der Waals surface area contributed by atoms with Gasteiger partial charge in [-0.15, -0.1) is 0 Å². The normalized spacial score (nSPS) is 13.0. The Hall–Kier alpha value is -0.450. The smallest absolute Gasteiger partial charge is 0.123 e. The fourth-order valence-corrected chi connectivity index (χ4v) is 2.25. The predicted molar refractivity (Wildman–Crippen MR) is 77.6 cm³/mol. The molecule has 2 N–H and O–H groups in total. The molecule has 0 aliphatic heterocycles. The van der Waals surface area contributed by atoms with Gasteiger partial charge in [0.1, 0.15) is 5.82 Å². The van der Waals surface area contributed by atoms with Crippen LogP contribution in [0.15, 0.2) is 12.1 Å². The molecule has 1 unspecified atom stereocenters. The summed E-state index contributed by atoms with van der Waals surface area (Å²) in [7, 11) is 2.09. The molecule has 0 amide bonds. The highest BCUT2D eigenvalue weighted by Crippen LogP contribution is 2.18. The maximum Gasteiger partial charge on any atom is 0.123 e. The summed E-state index contributed by atoms with van der Waals surface area (Å²) in [6.45, 7) is 2.95. The number of nitrogens with two attached hydrogens (primary N) is 1. The van der Waals surface area contributed by atoms with E-state index in [0.29, 0.717) is 16.9 Å². The number of pyridine rings is 1. The van der Waals surface area contributed by atoms with Crippen LogP contribution in [0.4, 0.5) is 5.82 Å². The number of nitrogens with zero attached hydrogens (tertiary/aromatic N) is 2. The molecule has 0 aromatic carbocycles. The topological polar surface area (TPSA) is 42.2 Å². The Balaban J connectivity index is 2.60. The number of rotatable bonds is 6. The highest BCUT2D eigenvalue weighted by Gasteiger charge is 2.12. The summed E-state index contributed by atoms with van der Waals surface area (Å²) in [6.07, 6.45) is 3.29. The minimum Gasteiger partial charge on any atom is -0.384 e. The van der Waals surface area contributed by atoms with Gasteiger partial charge in [-0.25, -0.2) is 4.98 Å². The first-order valence-electron chi connectivity index (χ1n) is 5.64. The molecule has 1 heterocycles. The van der Waals surface area contributed by atoms with Gasteiger partial charge in [-0.2, -0.15) is 11.8 Å². The summed E-state index contributed by atoms with van der Waals surface area (Å²) in [4.78, 5) is 6.53. The van der Waals surface area contributed by atoms with Crippen LogP contribution < -0.4 is 5.73 Å². The minimum absolute atomic E-state index is 0.516. The van der Waals surface area contributed by atoms with Crippen molar-refractivity contribution in [1.29, 1.82) is 0 Å². The van der Waals surface area contributed by atoms with Crippen LogP contribution in [0.5, 0.6) is 0 Å². The number of aromatic nitrogens is 1. The average Bonchev–Trinajstić information content (AvgIpc) is 2.30. The van der Waals surface area contributed by atoms with Crippen molar-refractivity contribution in [2.75, 3.05) is 24.8 Å². The van der Waals surface area contributed by atoms with Gasteiger partial charge in [0, 0.05) is 12.6 Å². The van der Waals surface area contributed by atoms with Crippen LogP contribution in [-0.4, -0.2) is 35.0 Å². The molecule has 0 fully saturated rings. The molecule has 1 rings (SSSR count). The van der Waals surface area contributed by atoms with Gasteiger partial charge >= 0.3 is 0 Å². The van der Waals surface area contributed by atoms with Gasteiger partial charge in [-0.05, 0) is 44.5 Å². The SMILES string of the molecule is CSCCC(C)N(C)Cc1nc(N)ccc1Cl. The van der Waals surface area contributed by atoms with E-state index in [1.807, 2.05) is 11.8 Å². The van der Waals surface area contributed by atoms with Crippen molar-refractivity contribution in [2.24, 2.45) is 0 Å². The van der Waals surface area contributed by atoms with Crippen LogP contribution in [0.3, 0.4) is 0 Å². The van der Waals surface area contributed by atoms with Crippen LogP contribution >= 0.6 is 23.4 Å². The van der Waals surface area contributed by atoms with Crippen LogP contribution in [0.1, 0.15) is 19.0 Å². The molecule has 0 spiro atoms. The summed E-state index contributed by atoms with van der Waals surface area (Å²) >= 11 is 7.97. The highest BCUT2D eigenvalue weighted by atomic mass is 35.5. The lowest BCUT2D eigenvalue weighted by Crippen LogP contribution is -2.29. The Bertz CT molecular complexity index is 360. The lowest BCUT2D eigenvalue weighted by atomic mass is 10.2. The highest BCUT2D eigenvalue weighted by molar-refractivity contribution is 7.98. The summed E-state index contributed by atoms with van der Waals surface area (Å²) in [5.74, 6) is 1.69. The minimum atomic E-state index is 0.516. The fraction of sp³-hybridized carbons (Fsp3) is 0.583. The third kappa shape index (κ3) is 4.74. The molecule has 0 bridgehead atoms. The Morgan fingerprint density at radius 3 is 2.88 bits per heavy atom. The van der Waals surface area contributed by atoms with Crippen LogP contribution in [0.2, 0.25) is 5.02 Å². The standard InChI is InChI=1S/C12H20ClN3S/c1-9(6-7-17-3)16(2)8-11-10(13)4-5-12(14)15-11/h4-5,9H,6-8H2,1-3H3,(H2,14,15). The molecule has 5 heteroatoms. The molecule has 0 aliphatic rings. The second-order valence-electron chi connectivity index (χ2n) is 4.21. The van der Waals surface area contributed by atoms with Gasteiger partial charge in [0.2, 0.25) is 0 Å². The Labute approximate surface area is 113 Å². The van der Waals surface area contributed by atoms with Gasteiger partial charge in [0.15, 0.2) is 0 Å². The number of hydrogen-bond donors (Lipinski definition) is 1. The van der Waals surface area contributed by atoms with E-state index in [1.54, 1.807) is 12.1 Å². The second-order valence-corrected chi connectivity index (χ2v) is 5.60. The van der Waals surface area contributed by atoms with E-state index in [0.717, 1.165) is 18.7 Å². The molecule has 0 saturated carbocycles. The fourth-order valence-electron chi connectivity index (χ4n) is 1.51. The summed E-state index contributed by atoms with van der Waals surface area (Å²) < 4.78 is 0. The monoisotopic (exact) mass is 273 g/mol. The first kappa shape index (κ1) is 14.6. The van der Waals surface area contributed by atoms with Crippen molar-refractivity contribution in [1.82, 2.24) is 9.88 Å². The molecule has 17 heavy (non-hydrogen) atoms. The molecule has 0 aliphatic carbocycles. The Morgan fingerprint density at radius 2 is 2.24 bits per heavy atom. The van der Waals surface area contributed by atoms with E-state index in [4.69, 9.17) is 17.3 Å². The maximum atomic E-state index is 6.10. The summed E-state index contributed by atoms with van der Waals surface area (Å²) in [5.41, 5.74) is 6.52. The molecule has 96 valence electrons. The lowest BCUT2D eigenvalue weighted by Gasteiger charge is -2.24. The van der Waals surface area contributed by atoms with Crippen molar-refractivity contribution in [3.63, 3.8) is 0 Å². The third-order valence-corrected chi connectivity index (χ3v) is 3.82. The summed E-state index contributed by atoms with van der Waals surface area (Å²) in [5, 5.41) is 0.683. The van der Waals surface area contributed by atoms with Crippen LogP contribution in [-0.2, 0) is 6.54 Å². The average molecular weight is 274 g/mol. The van der Waals surface area contributed by atoms with Crippen molar-refractivity contribution in [3.8, 4) is 0 Å². The molecule has 1 atom stereocenters. The van der Waals surface area contributed by atoms with E-state index >= 15 is 0 Å². The quantitative estimate of drug-likeness (QED) is 0.865. The number of halogens is 1. The van der Waals surface area contributed by atoms with Crippen molar-refractivity contribution in [2.45, 2.75) is 25.9 Å². The molecular weight excluding hydrogens is 254 g/mol. The van der Waals surface area contributed by atoms with Crippen molar-refractivity contribution < 1.29 is 0 Å². The molecule has 1 aromatic rings. The molecule has 1 aromatic heterocycles. The largest absolute Gasteiger partial charge is 0.384 e. The summed E-state index contributed by atoms with van der Waals surface area (Å²) in [6, 6.07) is 4.05. The van der Waals surface area contributed by atoms with E-state index in [2.05, 4.69) is 30.1 Å². The lowest BCUT2D eigenvalue weighted by molar-refractivity contribution is 0.242. The zero-order chi connectivity index (χ0) is 12.8. The molecule has 0 saturated heterocycles. The predicted octanol–water partition coefficient (Wildman–Crippen LogP) is 2.89. The third-order valence-electron chi connectivity index (χ3n) is 2.83. The molecule has 3 nitrogen and oxygen atoms in total. The van der Waals surface area contributed by atoms with Gasteiger partial charge in [0.05, 0.1) is 10.7 Å². The maximum absolute atomic E-state index is 6.10. The Kier molecular flexibility index (Phi) is 6.09. The zero-order valence-corrected chi connectivity index (χ0v) is 12.2. The number of anilines is 1. The molecular formula is C12H20ClN3S. The Morgan fingerprint density at radius 1 is 1.53 bits per heavy atom. The van der Waals surface area contributed by atoms with E-state index in [9.17, 15) is 0 Å².